The zero-order valence-corrected chi connectivity index (χ0v) is 14.7. The Morgan fingerprint density at radius 3 is 2.68 bits per heavy atom. The molecule has 7 heteroatoms. The summed E-state index contributed by atoms with van der Waals surface area (Å²) in [6.07, 6.45) is 4.31. The molecule has 1 aliphatic rings. The molecule has 2 aromatic rings. The number of rotatable bonds is 5. The summed E-state index contributed by atoms with van der Waals surface area (Å²) in [6, 6.07) is 5.67. The third-order valence-corrected chi connectivity index (χ3v) is 4.19. The summed E-state index contributed by atoms with van der Waals surface area (Å²) < 4.78 is 5.36. The topological polar surface area (TPSA) is 71.5 Å². The molecule has 0 radical (unpaired) electrons. The van der Waals surface area contributed by atoms with Gasteiger partial charge in [-0.15, -0.1) is 0 Å². The van der Waals surface area contributed by atoms with Gasteiger partial charge in [0, 0.05) is 44.8 Å². The second-order valence-corrected chi connectivity index (χ2v) is 6.13. The highest BCUT2D eigenvalue weighted by molar-refractivity contribution is 5.92. The normalized spacial score (nSPS) is 14.4. The number of amides is 1. The Morgan fingerprint density at radius 1 is 1.24 bits per heavy atom. The molecule has 1 saturated heterocycles. The van der Waals surface area contributed by atoms with Gasteiger partial charge in [-0.3, -0.25) is 9.78 Å². The third-order valence-electron chi connectivity index (χ3n) is 4.19. The number of aromatic nitrogens is 3. The number of nitrogens with zero attached hydrogens (tertiary/aromatic N) is 5. The smallest absolute Gasteiger partial charge is 0.272 e. The van der Waals surface area contributed by atoms with Crippen LogP contribution in [0.15, 0.2) is 30.6 Å². The van der Waals surface area contributed by atoms with Crippen molar-refractivity contribution in [1.82, 2.24) is 19.9 Å². The van der Waals surface area contributed by atoms with Gasteiger partial charge in [-0.2, -0.15) is 0 Å². The predicted octanol–water partition coefficient (Wildman–Crippen LogP) is 1.33. The highest BCUT2D eigenvalue weighted by atomic mass is 16.5. The van der Waals surface area contributed by atoms with Gasteiger partial charge in [0.25, 0.3) is 5.91 Å². The third kappa shape index (κ3) is 4.51. The molecule has 1 amide bonds. The molecule has 0 N–H and O–H groups in total. The molecule has 25 heavy (non-hydrogen) atoms. The predicted molar refractivity (Wildman–Crippen MR) is 94.7 cm³/mol. The van der Waals surface area contributed by atoms with Crippen molar-refractivity contribution in [3.63, 3.8) is 0 Å². The van der Waals surface area contributed by atoms with Crippen molar-refractivity contribution in [3.8, 4) is 0 Å². The summed E-state index contributed by atoms with van der Waals surface area (Å²) in [6.45, 7) is 5.32. The number of carbonyl (C=O) groups is 1. The molecular weight excluding hydrogens is 318 g/mol. The molecule has 0 unspecified atom stereocenters. The summed E-state index contributed by atoms with van der Waals surface area (Å²) >= 11 is 0. The molecule has 132 valence electrons. The van der Waals surface area contributed by atoms with Crippen LogP contribution in [0.25, 0.3) is 0 Å². The summed E-state index contributed by atoms with van der Waals surface area (Å²) in [5, 5.41) is 0. The fourth-order valence-corrected chi connectivity index (χ4v) is 2.71. The molecule has 0 bridgehead atoms. The van der Waals surface area contributed by atoms with Crippen LogP contribution in [0.2, 0.25) is 0 Å². The van der Waals surface area contributed by atoms with Crippen LogP contribution in [0.4, 0.5) is 5.95 Å². The molecule has 0 atom stereocenters. The maximum atomic E-state index is 12.7. The maximum absolute atomic E-state index is 12.7. The lowest BCUT2D eigenvalue weighted by Gasteiger charge is -2.27. The first kappa shape index (κ1) is 17.3. The van der Waals surface area contributed by atoms with Crippen LogP contribution in [-0.2, 0) is 11.2 Å². The Labute approximate surface area is 147 Å². The Hall–Kier alpha value is -2.54. The Morgan fingerprint density at radius 2 is 1.96 bits per heavy atom. The molecular formula is C18H23N5O2. The Kier molecular flexibility index (Phi) is 5.55. The van der Waals surface area contributed by atoms with E-state index in [-0.39, 0.29) is 5.91 Å². The number of carbonyl (C=O) groups excluding carboxylic acids is 1. The van der Waals surface area contributed by atoms with Crippen molar-refractivity contribution < 1.29 is 9.53 Å². The van der Waals surface area contributed by atoms with E-state index in [1.165, 1.54) is 0 Å². The van der Waals surface area contributed by atoms with Crippen LogP contribution >= 0.6 is 0 Å². The molecule has 3 heterocycles. The molecule has 1 fully saturated rings. The minimum Gasteiger partial charge on any atom is -0.378 e. The number of ether oxygens (including phenoxy) is 1. The number of morpholine rings is 1. The van der Waals surface area contributed by atoms with Crippen LogP contribution in [0.3, 0.4) is 0 Å². The molecule has 0 aromatic carbocycles. The zero-order valence-electron chi connectivity index (χ0n) is 14.7. The fraction of sp³-hybridized carbons (Fsp3) is 0.444. The van der Waals surface area contributed by atoms with E-state index in [9.17, 15) is 4.79 Å². The van der Waals surface area contributed by atoms with Crippen molar-refractivity contribution in [3.05, 3.63) is 47.5 Å². The lowest BCUT2D eigenvalue weighted by Crippen LogP contribution is -2.38. The van der Waals surface area contributed by atoms with Gasteiger partial charge in [-0.25, -0.2) is 9.97 Å². The van der Waals surface area contributed by atoms with Gasteiger partial charge in [-0.05, 0) is 37.1 Å². The zero-order chi connectivity index (χ0) is 17.6. The lowest BCUT2D eigenvalue weighted by molar-refractivity contribution is 0.0790. The van der Waals surface area contributed by atoms with Gasteiger partial charge in [0.2, 0.25) is 5.95 Å². The van der Waals surface area contributed by atoms with Crippen LogP contribution in [0, 0.1) is 6.92 Å². The van der Waals surface area contributed by atoms with Crippen LogP contribution in [0.5, 0.6) is 0 Å². The van der Waals surface area contributed by atoms with Gasteiger partial charge in [0.05, 0.1) is 13.2 Å². The van der Waals surface area contributed by atoms with Crippen molar-refractivity contribution in [2.45, 2.75) is 13.3 Å². The van der Waals surface area contributed by atoms with Crippen molar-refractivity contribution in [2.24, 2.45) is 0 Å². The van der Waals surface area contributed by atoms with E-state index in [1.807, 2.05) is 19.1 Å². The minimum atomic E-state index is -0.0888. The highest BCUT2D eigenvalue weighted by Crippen LogP contribution is 2.13. The number of likely N-dealkylation sites (N-methyl/N-ethyl adjacent to an activating group) is 1. The molecule has 0 aliphatic carbocycles. The van der Waals surface area contributed by atoms with Gasteiger partial charge >= 0.3 is 0 Å². The number of pyridine rings is 1. The first-order valence-electron chi connectivity index (χ1n) is 8.46. The minimum absolute atomic E-state index is 0.0888. The number of anilines is 1. The Balaban J connectivity index is 1.69. The van der Waals surface area contributed by atoms with Crippen molar-refractivity contribution in [2.75, 3.05) is 44.8 Å². The van der Waals surface area contributed by atoms with Gasteiger partial charge < -0.3 is 14.5 Å². The summed E-state index contributed by atoms with van der Waals surface area (Å²) in [5.41, 5.74) is 2.39. The van der Waals surface area contributed by atoms with E-state index in [0.717, 1.165) is 30.8 Å². The van der Waals surface area contributed by atoms with Gasteiger partial charge in [-0.1, -0.05) is 0 Å². The SMILES string of the molecule is Cc1cc(C(=O)N(C)CCc2ccncc2)nc(N2CCOCC2)n1. The van der Waals surface area contributed by atoms with Crippen LogP contribution < -0.4 is 4.90 Å². The van der Waals surface area contributed by atoms with Gasteiger partial charge in [0.15, 0.2) is 0 Å². The second kappa shape index (κ2) is 8.02. The van der Waals surface area contributed by atoms with E-state index in [2.05, 4.69) is 19.9 Å². The standard InChI is InChI=1S/C18H23N5O2/c1-14-13-16(21-18(20-14)23-9-11-25-12-10-23)17(24)22(2)8-5-15-3-6-19-7-4-15/h3-4,6-7,13H,5,8-12H2,1-2H3. The summed E-state index contributed by atoms with van der Waals surface area (Å²) in [7, 11) is 1.80. The van der Waals surface area contributed by atoms with Crippen molar-refractivity contribution >= 4 is 11.9 Å². The van der Waals surface area contributed by atoms with E-state index in [1.54, 1.807) is 30.4 Å². The number of hydrogen-bond donors (Lipinski definition) is 0. The molecule has 1 aliphatic heterocycles. The molecule has 3 rings (SSSR count). The summed E-state index contributed by atoms with van der Waals surface area (Å²) in [5.74, 6) is 0.517. The molecule has 7 nitrogen and oxygen atoms in total. The number of aryl methyl sites for hydroxylation is 1. The molecule has 0 spiro atoms. The first-order valence-corrected chi connectivity index (χ1v) is 8.46. The highest BCUT2D eigenvalue weighted by Gasteiger charge is 2.19. The summed E-state index contributed by atoms with van der Waals surface area (Å²) in [4.78, 5) is 29.5. The van der Waals surface area contributed by atoms with Crippen LogP contribution in [-0.4, -0.2) is 65.7 Å². The fourth-order valence-electron chi connectivity index (χ4n) is 2.71. The maximum Gasteiger partial charge on any atom is 0.272 e. The monoisotopic (exact) mass is 341 g/mol. The quantitative estimate of drug-likeness (QED) is 0.817. The largest absolute Gasteiger partial charge is 0.378 e. The first-order chi connectivity index (χ1) is 12.1. The van der Waals surface area contributed by atoms with E-state index < -0.39 is 0 Å². The van der Waals surface area contributed by atoms with Gasteiger partial charge in [0.1, 0.15) is 5.69 Å². The number of hydrogen-bond acceptors (Lipinski definition) is 6. The second-order valence-electron chi connectivity index (χ2n) is 6.13. The van der Waals surface area contributed by atoms with E-state index in [4.69, 9.17) is 4.74 Å². The average molecular weight is 341 g/mol. The molecule has 0 saturated carbocycles. The molecule has 2 aromatic heterocycles. The van der Waals surface area contributed by atoms with E-state index in [0.29, 0.717) is 31.4 Å². The Bertz CT molecular complexity index is 717. The lowest BCUT2D eigenvalue weighted by atomic mass is 10.2. The van der Waals surface area contributed by atoms with E-state index >= 15 is 0 Å². The average Bonchev–Trinajstić information content (AvgIpc) is 2.66. The van der Waals surface area contributed by atoms with Crippen molar-refractivity contribution in [1.29, 1.82) is 0 Å². The van der Waals surface area contributed by atoms with Crippen LogP contribution in [0.1, 0.15) is 21.7 Å².